The lowest BCUT2D eigenvalue weighted by Gasteiger charge is -2.21. The van der Waals surface area contributed by atoms with E-state index in [0.717, 1.165) is 41.0 Å². The van der Waals surface area contributed by atoms with Crippen LogP contribution in [0.15, 0.2) is 39.7 Å². The summed E-state index contributed by atoms with van der Waals surface area (Å²) in [6.45, 7) is 0.971. The van der Waals surface area contributed by atoms with Crippen LogP contribution in [0.25, 0.3) is 10.7 Å². The smallest absolute Gasteiger partial charge is 0.209 e. The summed E-state index contributed by atoms with van der Waals surface area (Å²) in [6, 6.07) is 5.98. The van der Waals surface area contributed by atoms with Crippen molar-refractivity contribution in [1.29, 1.82) is 0 Å². The van der Waals surface area contributed by atoms with Crippen LogP contribution in [-0.4, -0.2) is 21.9 Å². The lowest BCUT2D eigenvalue weighted by molar-refractivity contribution is 0.422. The predicted molar refractivity (Wildman–Crippen MR) is 73.4 cm³/mol. The second kappa shape index (κ2) is 4.75. The average Bonchev–Trinajstić information content (AvgIpc) is 3.23. The van der Waals surface area contributed by atoms with E-state index in [1.807, 2.05) is 12.1 Å². The van der Waals surface area contributed by atoms with E-state index in [2.05, 4.69) is 20.3 Å². The molecule has 0 saturated carbocycles. The van der Waals surface area contributed by atoms with Gasteiger partial charge in [-0.15, -0.1) is 10.2 Å². The summed E-state index contributed by atoms with van der Waals surface area (Å²) in [6.07, 6.45) is 5.46. The monoisotopic (exact) mass is 288 g/mol. The van der Waals surface area contributed by atoms with Crippen molar-refractivity contribution in [3.05, 3.63) is 36.5 Å². The van der Waals surface area contributed by atoms with Crippen molar-refractivity contribution in [2.45, 2.75) is 18.9 Å². The minimum Gasteiger partial charge on any atom is -0.467 e. The Kier molecular flexibility index (Phi) is 2.77. The quantitative estimate of drug-likeness (QED) is 0.737. The molecular weight excluding hydrogens is 276 g/mol. The van der Waals surface area contributed by atoms with Gasteiger partial charge in [0.2, 0.25) is 5.13 Å². The summed E-state index contributed by atoms with van der Waals surface area (Å²) >= 11 is 1.53. The highest BCUT2D eigenvalue weighted by molar-refractivity contribution is 7.18. The van der Waals surface area contributed by atoms with Crippen LogP contribution in [0.1, 0.15) is 24.6 Å². The minimum absolute atomic E-state index is 0.253. The van der Waals surface area contributed by atoms with E-state index < -0.39 is 0 Å². The SMILES string of the molecule is c1coc(C2CCCN2c2nnc(-c3ccon3)s2)c1. The van der Waals surface area contributed by atoms with E-state index in [1.54, 1.807) is 12.3 Å². The van der Waals surface area contributed by atoms with Gasteiger partial charge in [-0.25, -0.2) is 0 Å². The first-order valence-corrected chi connectivity index (χ1v) is 7.28. The summed E-state index contributed by atoms with van der Waals surface area (Å²) in [5.74, 6) is 0.987. The maximum absolute atomic E-state index is 5.54. The Morgan fingerprint density at radius 2 is 2.25 bits per heavy atom. The molecule has 20 heavy (non-hydrogen) atoms. The normalized spacial score (nSPS) is 18.8. The van der Waals surface area contributed by atoms with Gasteiger partial charge in [-0.05, 0) is 25.0 Å². The third-order valence-electron chi connectivity index (χ3n) is 3.44. The second-order valence-corrected chi connectivity index (χ2v) is 5.60. The van der Waals surface area contributed by atoms with Gasteiger partial charge in [-0.3, -0.25) is 0 Å². The summed E-state index contributed by atoms with van der Waals surface area (Å²) in [5.41, 5.74) is 0.725. The molecule has 1 fully saturated rings. The van der Waals surface area contributed by atoms with Crippen molar-refractivity contribution in [3.63, 3.8) is 0 Å². The number of aromatic nitrogens is 3. The highest BCUT2D eigenvalue weighted by Gasteiger charge is 2.30. The fraction of sp³-hybridized carbons (Fsp3) is 0.308. The van der Waals surface area contributed by atoms with E-state index >= 15 is 0 Å². The van der Waals surface area contributed by atoms with Gasteiger partial charge in [0.05, 0.1) is 12.3 Å². The van der Waals surface area contributed by atoms with Crippen LogP contribution in [0.5, 0.6) is 0 Å². The highest BCUT2D eigenvalue weighted by atomic mass is 32.1. The number of hydrogen-bond acceptors (Lipinski definition) is 7. The van der Waals surface area contributed by atoms with Gasteiger partial charge in [0.15, 0.2) is 5.01 Å². The Hall–Kier alpha value is -2.15. The Bertz CT molecular complexity index is 677. The molecule has 1 unspecified atom stereocenters. The van der Waals surface area contributed by atoms with Crippen LogP contribution in [0, 0.1) is 0 Å². The molecule has 1 atom stereocenters. The van der Waals surface area contributed by atoms with Crippen LogP contribution < -0.4 is 4.90 Å². The van der Waals surface area contributed by atoms with Gasteiger partial charge in [-0.1, -0.05) is 16.5 Å². The molecule has 4 heterocycles. The van der Waals surface area contributed by atoms with Crippen molar-refractivity contribution in [2.24, 2.45) is 0 Å². The van der Waals surface area contributed by atoms with Gasteiger partial charge in [0.1, 0.15) is 17.7 Å². The third kappa shape index (κ3) is 1.90. The van der Waals surface area contributed by atoms with Gasteiger partial charge >= 0.3 is 0 Å². The molecule has 6 nitrogen and oxygen atoms in total. The molecule has 0 radical (unpaired) electrons. The summed E-state index contributed by atoms with van der Waals surface area (Å²) in [5, 5.41) is 14.1. The standard InChI is InChI=1S/C13H12N4O2S/c1-3-10(11-4-2-7-18-11)17(6-1)13-15-14-12(20-13)9-5-8-19-16-9/h2,4-5,7-8,10H,1,3,6H2. The first kappa shape index (κ1) is 11.7. The fourth-order valence-electron chi connectivity index (χ4n) is 2.53. The molecule has 3 aromatic heterocycles. The molecule has 0 bridgehead atoms. The zero-order chi connectivity index (χ0) is 13.4. The molecule has 0 spiro atoms. The first-order valence-electron chi connectivity index (χ1n) is 6.46. The van der Waals surface area contributed by atoms with E-state index in [-0.39, 0.29) is 6.04 Å². The Morgan fingerprint density at radius 3 is 3.05 bits per heavy atom. The van der Waals surface area contributed by atoms with Crippen molar-refractivity contribution in [3.8, 4) is 10.7 Å². The average molecular weight is 288 g/mol. The first-order chi connectivity index (χ1) is 9.92. The van der Waals surface area contributed by atoms with E-state index in [4.69, 9.17) is 8.94 Å². The lowest BCUT2D eigenvalue weighted by Crippen LogP contribution is -2.21. The van der Waals surface area contributed by atoms with Gasteiger partial charge < -0.3 is 13.8 Å². The Morgan fingerprint density at radius 1 is 1.25 bits per heavy atom. The van der Waals surface area contributed by atoms with Crippen molar-refractivity contribution < 1.29 is 8.94 Å². The maximum Gasteiger partial charge on any atom is 0.209 e. The lowest BCUT2D eigenvalue weighted by atomic mass is 10.2. The zero-order valence-corrected chi connectivity index (χ0v) is 11.4. The van der Waals surface area contributed by atoms with E-state index in [0.29, 0.717) is 0 Å². The predicted octanol–water partition coefficient (Wildman–Crippen LogP) is 3.13. The summed E-state index contributed by atoms with van der Waals surface area (Å²) in [7, 11) is 0. The topological polar surface area (TPSA) is 68.2 Å². The van der Waals surface area contributed by atoms with Gasteiger partial charge in [0, 0.05) is 12.6 Å². The molecule has 1 saturated heterocycles. The van der Waals surface area contributed by atoms with E-state index in [9.17, 15) is 0 Å². The number of nitrogens with zero attached hydrogens (tertiary/aromatic N) is 4. The van der Waals surface area contributed by atoms with Crippen molar-refractivity contribution in [1.82, 2.24) is 15.4 Å². The Balaban J connectivity index is 1.64. The minimum atomic E-state index is 0.253. The number of hydrogen-bond donors (Lipinski definition) is 0. The summed E-state index contributed by atoms with van der Waals surface area (Å²) in [4.78, 5) is 2.25. The molecule has 3 aromatic rings. The van der Waals surface area contributed by atoms with Crippen LogP contribution in [0.3, 0.4) is 0 Å². The fourth-order valence-corrected chi connectivity index (χ4v) is 3.41. The van der Waals surface area contributed by atoms with Crippen molar-refractivity contribution >= 4 is 16.5 Å². The molecule has 0 aliphatic carbocycles. The molecule has 0 aromatic carbocycles. The van der Waals surface area contributed by atoms with Gasteiger partial charge in [0.25, 0.3) is 0 Å². The molecule has 1 aliphatic heterocycles. The molecule has 7 heteroatoms. The third-order valence-corrected chi connectivity index (χ3v) is 4.42. The number of rotatable bonds is 3. The second-order valence-electron chi connectivity index (χ2n) is 4.64. The number of furan rings is 1. The molecule has 0 N–H and O–H groups in total. The van der Waals surface area contributed by atoms with Gasteiger partial charge in [-0.2, -0.15) is 0 Å². The Labute approximate surface area is 119 Å². The molecule has 0 amide bonds. The van der Waals surface area contributed by atoms with Crippen LogP contribution in [-0.2, 0) is 0 Å². The van der Waals surface area contributed by atoms with E-state index in [1.165, 1.54) is 17.6 Å². The molecular formula is C13H12N4O2S. The highest BCUT2D eigenvalue weighted by Crippen LogP contribution is 2.38. The van der Waals surface area contributed by atoms with Crippen molar-refractivity contribution in [2.75, 3.05) is 11.4 Å². The zero-order valence-electron chi connectivity index (χ0n) is 10.6. The molecule has 102 valence electrons. The van der Waals surface area contributed by atoms with Crippen LogP contribution >= 0.6 is 11.3 Å². The molecule has 4 rings (SSSR count). The number of anilines is 1. The van der Waals surface area contributed by atoms with Crippen LogP contribution in [0.4, 0.5) is 5.13 Å². The van der Waals surface area contributed by atoms with Crippen LogP contribution in [0.2, 0.25) is 0 Å². The molecule has 1 aliphatic rings. The maximum atomic E-state index is 5.54. The largest absolute Gasteiger partial charge is 0.467 e. The summed E-state index contributed by atoms with van der Waals surface area (Å²) < 4.78 is 10.4.